The summed E-state index contributed by atoms with van der Waals surface area (Å²) in [5.74, 6) is 0.533. The highest BCUT2D eigenvalue weighted by atomic mass is 32.2. The molecule has 0 fully saturated rings. The number of hydrogen-bond acceptors (Lipinski definition) is 2. The average Bonchev–Trinajstić information content (AvgIpc) is 1.85. The highest BCUT2D eigenvalue weighted by Crippen LogP contribution is 2.24. The molecule has 0 aliphatic carbocycles. The molecule has 0 rings (SSSR count). The first kappa shape index (κ1) is 9.76. The van der Waals surface area contributed by atoms with Crippen molar-refractivity contribution >= 4 is 16.8 Å². The van der Waals surface area contributed by atoms with Crippen LogP contribution >= 0.6 is 11.8 Å². The molecule has 0 saturated carbocycles. The van der Waals surface area contributed by atoms with Crippen LogP contribution in [-0.2, 0) is 0 Å². The van der Waals surface area contributed by atoms with Crippen molar-refractivity contribution < 1.29 is 0 Å². The van der Waals surface area contributed by atoms with Crippen molar-refractivity contribution in [2.75, 3.05) is 0 Å². The van der Waals surface area contributed by atoms with E-state index in [-0.39, 0.29) is 0 Å². The van der Waals surface area contributed by atoms with Crippen molar-refractivity contribution in [2.24, 2.45) is 5.92 Å². The number of allylic oxidation sites excluding steroid dienone is 1. The van der Waals surface area contributed by atoms with Crippen molar-refractivity contribution in [2.45, 2.75) is 27.2 Å². The second-order valence-corrected chi connectivity index (χ2v) is 3.77. The first-order valence-corrected chi connectivity index (χ1v) is 4.31. The fourth-order valence-electron chi connectivity index (χ4n) is 0.525. The van der Waals surface area contributed by atoms with E-state index in [1.165, 1.54) is 11.8 Å². The molecule has 1 atom stereocenters. The molecule has 2 heteroatoms. The molecule has 1 nitrogen and oxygen atoms in total. The van der Waals surface area contributed by atoms with Gasteiger partial charge in [0, 0.05) is 0 Å². The van der Waals surface area contributed by atoms with Crippen molar-refractivity contribution in [3.05, 3.63) is 11.5 Å². The Morgan fingerprint density at radius 2 is 2.20 bits per heavy atom. The standard InChI is InChI=1S/C8H15NS/c1-5-6(2)7(3)10-8(4)9/h6,9H,3,5H2,1-2,4H3. The second-order valence-electron chi connectivity index (χ2n) is 2.43. The minimum absolute atomic E-state index is 0.533. The Hall–Kier alpha value is -0.240. The molecule has 0 aromatic heterocycles. The first-order valence-electron chi connectivity index (χ1n) is 3.49. The molecule has 0 amide bonds. The number of hydrogen-bond donors (Lipinski definition) is 1. The van der Waals surface area contributed by atoms with Gasteiger partial charge in [-0.05, 0) is 24.2 Å². The van der Waals surface area contributed by atoms with Gasteiger partial charge in [-0.3, -0.25) is 5.41 Å². The van der Waals surface area contributed by atoms with Crippen molar-refractivity contribution in [1.29, 1.82) is 5.41 Å². The fourth-order valence-corrected chi connectivity index (χ4v) is 1.29. The number of rotatable bonds is 3. The van der Waals surface area contributed by atoms with E-state index in [0.29, 0.717) is 11.0 Å². The molecular weight excluding hydrogens is 142 g/mol. The molecule has 0 spiro atoms. The van der Waals surface area contributed by atoms with Crippen molar-refractivity contribution in [1.82, 2.24) is 0 Å². The van der Waals surface area contributed by atoms with Gasteiger partial charge in [-0.15, -0.1) is 0 Å². The van der Waals surface area contributed by atoms with Crippen molar-refractivity contribution in [3.63, 3.8) is 0 Å². The monoisotopic (exact) mass is 157 g/mol. The summed E-state index contributed by atoms with van der Waals surface area (Å²) in [7, 11) is 0. The van der Waals surface area contributed by atoms with Crippen LogP contribution in [0.15, 0.2) is 11.5 Å². The lowest BCUT2D eigenvalue weighted by molar-refractivity contribution is 0.690. The zero-order valence-corrected chi connectivity index (χ0v) is 7.72. The zero-order valence-electron chi connectivity index (χ0n) is 6.90. The SMILES string of the molecule is C=C(SC(C)=N)C(C)CC. The molecule has 0 aromatic rings. The molecule has 10 heavy (non-hydrogen) atoms. The van der Waals surface area contributed by atoms with E-state index in [2.05, 4.69) is 20.4 Å². The third kappa shape index (κ3) is 3.72. The molecule has 1 N–H and O–H groups in total. The molecule has 0 aliphatic heterocycles. The summed E-state index contributed by atoms with van der Waals surface area (Å²) in [6.45, 7) is 9.95. The van der Waals surface area contributed by atoms with Gasteiger partial charge in [-0.2, -0.15) is 0 Å². The van der Waals surface area contributed by atoms with Gasteiger partial charge in [0.25, 0.3) is 0 Å². The summed E-state index contributed by atoms with van der Waals surface area (Å²) < 4.78 is 0. The Labute approximate surface area is 67.4 Å². The smallest absolute Gasteiger partial charge is 0.0654 e. The van der Waals surface area contributed by atoms with Crippen LogP contribution in [0.3, 0.4) is 0 Å². The van der Waals surface area contributed by atoms with Gasteiger partial charge < -0.3 is 0 Å². The summed E-state index contributed by atoms with van der Waals surface area (Å²) in [6, 6.07) is 0. The first-order chi connectivity index (χ1) is 4.57. The zero-order chi connectivity index (χ0) is 8.15. The Bertz CT molecular complexity index is 140. The van der Waals surface area contributed by atoms with Gasteiger partial charge in [0.15, 0.2) is 0 Å². The van der Waals surface area contributed by atoms with Crippen LogP contribution < -0.4 is 0 Å². The third-order valence-electron chi connectivity index (χ3n) is 1.45. The summed E-state index contributed by atoms with van der Waals surface area (Å²) in [6.07, 6.45) is 1.11. The Morgan fingerprint density at radius 3 is 2.50 bits per heavy atom. The Kier molecular flexibility index (Phi) is 4.45. The van der Waals surface area contributed by atoms with Gasteiger partial charge in [0.1, 0.15) is 0 Å². The molecule has 58 valence electrons. The lowest BCUT2D eigenvalue weighted by Gasteiger charge is -2.09. The van der Waals surface area contributed by atoms with Gasteiger partial charge in [0.2, 0.25) is 0 Å². The number of nitrogens with one attached hydrogen (secondary N) is 1. The number of thioether (sulfide) groups is 1. The summed E-state index contributed by atoms with van der Waals surface area (Å²) in [4.78, 5) is 1.11. The van der Waals surface area contributed by atoms with E-state index in [4.69, 9.17) is 5.41 Å². The van der Waals surface area contributed by atoms with Gasteiger partial charge in [-0.25, -0.2) is 0 Å². The van der Waals surface area contributed by atoms with Crippen LogP contribution in [0.5, 0.6) is 0 Å². The van der Waals surface area contributed by atoms with E-state index in [1.807, 2.05) is 0 Å². The van der Waals surface area contributed by atoms with E-state index in [9.17, 15) is 0 Å². The maximum atomic E-state index is 7.20. The van der Waals surface area contributed by atoms with E-state index >= 15 is 0 Å². The fraction of sp³-hybridized carbons (Fsp3) is 0.625. The Morgan fingerprint density at radius 1 is 1.70 bits per heavy atom. The largest absolute Gasteiger partial charge is 0.298 e. The summed E-state index contributed by atoms with van der Waals surface area (Å²) >= 11 is 1.48. The van der Waals surface area contributed by atoms with E-state index < -0.39 is 0 Å². The van der Waals surface area contributed by atoms with Crippen LogP contribution in [0.2, 0.25) is 0 Å². The predicted octanol–water partition coefficient (Wildman–Crippen LogP) is 3.28. The maximum Gasteiger partial charge on any atom is 0.0654 e. The van der Waals surface area contributed by atoms with Crippen LogP contribution in [0.4, 0.5) is 0 Å². The van der Waals surface area contributed by atoms with Gasteiger partial charge in [0.05, 0.1) is 5.04 Å². The maximum absolute atomic E-state index is 7.20. The topological polar surface area (TPSA) is 23.9 Å². The normalized spacial score (nSPS) is 12.7. The van der Waals surface area contributed by atoms with E-state index in [1.54, 1.807) is 6.92 Å². The average molecular weight is 157 g/mol. The molecular formula is C8H15NS. The second kappa shape index (κ2) is 4.56. The predicted molar refractivity (Wildman–Crippen MR) is 49.6 cm³/mol. The molecule has 0 aromatic carbocycles. The molecule has 0 radical (unpaired) electrons. The third-order valence-corrected chi connectivity index (χ3v) is 2.42. The highest BCUT2D eigenvalue weighted by molar-refractivity contribution is 8.17. The van der Waals surface area contributed by atoms with Crippen LogP contribution in [0.25, 0.3) is 0 Å². The minimum Gasteiger partial charge on any atom is -0.298 e. The summed E-state index contributed by atoms with van der Waals surface area (Å²) in [5, 5.41) is 7.83. The Balaban J connectivity index is 3.73. The molecule has 0 bridgehead atoms. The molecule has 0 heterocycles. The highest BCUT2D eigenvalue weighted by Gasteiger charge is 2.04. The quantitative estimate of drug-likeness (QED) is 0.493. The summed E-state index contributed by atoms with van der Waals surface area (Å²) in [5.41, 5.74) is 0. The lowest BCUT2D eigenvalue weighted by atomic mass is 10.1. The van der Waals surface area contributed by atoms with Crippen LogP contribution in [-0.4, -0.2) is 5.04 Å². The molecule has 1 unspecified atom stereocenters. The van der Waals surface area contributed by atoms with Crippen LogP contribution in [0, 0.1) is 11.3 Å². The van der Waals surface area contributed by atoms with Gasteiger partial charge >= 0.3 is 0 Å². The molecule has 0 aliphatic rings. The minimum atomic E-state index is 0.533. The van der Waals surface area contributed by atoms with Gasteiger partial charge in [-0.1, -0.05) is 32.2 Å². The lowest BCUT2D eigenvalue weighted by Crippen LogP contribution is -1.94. The van der Waals surface area contributed by atoms with Crippen molar-refractivity contribution in [3.8, 4) is 0 Å². The van der Waals surface area contributed by atoms with Crippen LogP contribution in [0.1, 0.15) is 27.2 Å². The van der Waals surface area contributed by atoms with E-state index in [0.717, 1.165) is 11.3 Å². The molecule has 0 saturated heterocycles.